The van der Waals surface area contributed by atoms with E-state index >= 15 is 0 Å². The molecule has 0 aromatic carbocycles. The van der Waals surface area contributed by atoms with Crippen molar-refractivity contribution in [3.8, 4) is 0 Å². The van der Waals surface area contributed by atoms with Crippen molar-refractivity contribution in [2.24, 2.45) is 5.73 Å². The summed E-state index contributed by atoms with van der Waals surface area (Å²) in [4.78, 5) is 15.0. The topological polar surface area (TPSA) is 72.4 Å². The molecule has 0 spiro atoms. The number of hydrogen-bond donors (Lipinski definition) is 2. The van der Waals surface area contributed by atoms with Gasteiger partial charge in [-0.05, 0) is 19.1 Å². The van der Waals surface area contributed by atoms with Gasteiger partial charge in [-0.3, -0.25) is 4.79 Å². The highest BCUT2D eigenvalue weighted by Crippen LogP contribution is 2.10. The largest absolute Gasteiger partial charge is 0.369 e. The highest BCUT2D eigenvalue weighted by atomic mass is 16.1. The van der Waals surface area contributed by atoms with Crippen molar-refractivity contribution in [1.82, 2.24) is 14.7 Å². The molecule has 0 aliphatic carbocycles. The molecule has 2 aromatic rings. The predicted molar refractivity (Wildman–Crippen MR) is 60.8 cm³/mol. The number of amides is 1. The van der Waals surface area contributed by atoms with E-state index in [0.29, 0.717) is 6.54 Å². The van der Waals surface area contributed by atoms with E-state index < -0.39 is 0 Å². The summed E-state index contributed by atoms with van der Waals surface area (Å²) in [7, 11) is 0. The summed E-state index contributed by atoms with van der Waals surface area (Å²) >= 11 is 0. The average molecular weight is 218 g/mol. The highest BCUT2D eigenvalue weighted by Gasteiger charge is 2.07. The fourth-order valence-electron chi connectivity index (χ4n) is 1.68. The molecule has 0 saturated heterocycles. The zero-order valence-corrected chi connectivity index (χ0v) is 9.10. The number of aryl methyl sites for hydroxylation is 1. The third-order valence-corrected chi connectivity index (χ3v) is 2.42. The molecule has 0 aliphatic heterocycles. The lowest BCUT2D eigenvalue weighted by atomic mass is 10.3. The first-order chi connectivity index (χ1) is 7.68. The monoisotopic (exact) mass is 218 g/mol. The zero-order chi connectivity index (χ0) is 11.5. The Kier molecular flexibility index (Phi) is 2.87. The van der Waals surface area contributed by atoms with Crippen LogP contribution < -0.4 is 11.1 Å². The van der Waals surface area contributed by atoms with Gasteiger partial charge in [0.25, 0.3) is 0 Å². The Labute approximate surface area is 93.3 Å². The van der Waals surface area contributed by atoms with Crippen LogP contribution in [0.3, 0.4) is 0 Å². The number of primary amides is 1. The van der Waals surface area contributed by atoms with Crippen molar-refractivity contribution in [2.75, 3.05) is 6.54 Å². The molecule has 5 heteroatoms. The van der Waals surface area contributed by atoms with Crippen LogP contribution in [-0.2, 0) is 11.3 Å². The van der Waals surface area contributed by atoms with Crippen LogP contribution in [-0.4, -0.2) is 21.8 Å². The molecule has 2 aromatic heterocycles. The van der Waals surface area contributed by atoms with Gasteiger partial charge in [0.05, 0.1) is 17.9 Å². The van der Waals surface area contributed by atoms with E-state index in [9.17, 15) is 4.79 Å². The lowest BCUT2D eigenvalue weighted by Gasteiger charge is -2.03. The van der Waals surface area contributed by atoms with Gasteiger partial charge in [0.2, 0.25) is 5.91 Å². The SMILES string of the molecule is Cc1nc2ccccn2c1CNCC(N)=O. The van der Waals surface area contributed by atoms with Gasteiger partial charge in [0, 0.05) is 12.7 Å². The molecule has 2 heterocycles. The number of imidazole rings is 1. The standard InChI is InChI=1S/C11H14N4O/c1-8-9(6-13-7-10(12)16)15-5-3-2-4-11(15)14-8/h2-5,13H,6-7H2,1H3,(H2,12,16). The molecule has 0 fully saturated rings. The van der Waals surface area contributed by atoms with Gasteiger partial charge in [-0.2, -0.15) is 0 Å². The minimum Gasteiger partial charge on any atom is -0.369 e. The van der Waals surface area contributed by atoms with Crippen LogP contribution in [0, 0.1) is 6.92 Å². The van der Waals surface area contributed by atoms with Crippen molar-refractivity contribution in [3.63, 3.8) is 0 Å². The first kappa shape index (κ1) is 10.6. The number of carbonyl (C=O) groups is 1. The number of nitrogens with two attached hydrogens (primary N) is 1. The zero-order valence-electron chi connectivity index (χ0n) is 9.10. The normalized spacial score (nSPS) is 10.8. The second-order valence-electron chi connectivity index (χ2n) is 3.64. The fraction of sp³-hybridized carbons (Fsp3) is 0.273. The molecule has 16 heavy (non-hydrogen) atoms. The molecule has 0 atom stereocenters. The molecule has 0 saturated carbocycles. The second-order valence-corrected chi connectivity index (χ2v) is 3.64. The molecule has 0 aliphatic rings. The first-order valence-electron chi connectivity index (χ1n) is 5.10. The minimum absolute atomic E-state index is 0.180. The number of aromatic nitrogens is 2. The number of rotatable bonds is 4. The summed E-state index contributed by atoms with van der Waals surface area (Å²) in [6, 6.07) is 5.85. The van der Waals surface area contributed by atoms with Gasteiger partial charge in [0.15, 0.2) is 0 Å². The van der Waals surface area contributed by atoms with E-state index in [1.807, 2.05) is 35.7 Å². The van der Waals surface area contributed by atoms with Gasteiger partial charge in [-0.25, -0.2) is 4.98 Å². The smallest absolute Gasteiger partial charge is 0.231 e. The van der Waals surface area contributed by atoms with Gasteiger partial charge in [-0.15, -0.1) is 0 Å². The van der Waals surface area contributed by atoms with Crippen LogP contribution in [0.25, 0.3) is 5.65 Å². The van der Waals surface area contributed by atoms with E-state index in [2.05, 4.69) is 10.3 Å². The summed E-state index contributed by atoms with van der Waals surface area (Å²) in [5.41, 5.74) is 7.99. The Morgan fingerprint density at radius 3 is 3.12 bits per heavy atom. The molecule has 1 amide bonds. The number of nitrogens with one attached hydrogen (secondary N) is 1. The van der Waals surface area contributed by atoms with Crippen molar-refractivity contribution >= 4 is 11.6 Å². The maximum atomic E-state index is 10.6. The van der Waals surface area contributed by atoms with Crippen molar-refractivity contribution in [2.45, 2.75) is 13.5 Å². The highest BCUT2D eigenvalue weighted by molar-refractivity contribution is 5.75. The molecular weight excluding hydrogens is 204 g/mol. The molecule has 0 bridgehead atoms. The third-order valence-electron chi connectivity index (χ3n) is 2.42. The van der Waals surface area contributed by atoms with Gasteiger partial charge < -0.3 is 15.5 Å². The van der Waals surface area contributed by atoms with Crippen molar-refractivity contribution in [1.29, 1.82) is 0 Å². The van der Waals surface area contributed by atoms with E-state index in [1.165, 1.54) is 0 Å². The Hall–Kier alpha value is -1.88. The first-order valence-corrected chi connectivity index (χ1v) is 5.10. The predicted octanol–water partition coefficient (Wildman–Crippen LogP) is 0.218. The lowest BCUT2D eigenvalue weighted by Crippen LogP contribution is -2.28. The van der Waals surface area contributed by atoms with Crippen LogP contribution in [0.2, 0.25) is 0 Å². The van der Waals surface area contributed by atoms with Crippen molar-refractivity contribution < 1.29 is 4.79 Å². The molecular formula is C11H14N4O. The third kappa shape index (κ3) is 2.04. The molecule has 2 rings (SSSR count). The van der Waals surface area contributed by atoms with Gasteiger partial charge in [0.1, 0.15) is 5.65 Å². The van der Waals surface area contributed by atoms with Crippen LogP contribution >= 0.6 is 0 Å². The van der Waals surface area contributed by atoms with Crippen LogP contribution in [0.1, 0.15) is 11.4 Å². The number of fused-ring (bicyclic) bond motifs is 1. The Morgan fingerprint density at radius 2 is 2.38 bits per heavy atom. The summed E-state index contributed by atoms with van der Waals surface area (Å²) in [6.45, 7) is 2.72. The molecule has 3 N–H and O–H groups in total. The van der Waals surface area contributed by atoms with E-state index in [-0.39, 0.29) is 12.5 Å². The van der Waals surface area contributed by atoms with Crippen molar-refractivity contribution in [3.05, 3.63) is 35.8 Å². The Balaban J connectivity index is 2.22. The average Bonchev–Trinajstić information content (AvgIpc) is 2.55. The summed E-state index contributed by atoms with van der Waals surface area (Å²) in [6.07, 6.45) is 1.95. The van der Waals surface area contributed by atoms with Crippen LogP contribution in [0.4, 0.5) is 0 Å². The van der Waals surface area contributed by atoms with E-state index in [0.717, 1.165) is 17.0 Å². The maximum absolute atomic E-state index is 10.6. The summed E-state index contributed by atoms with van der Waals surface area (Å²) < 4.78 is 2.00. The quantitative estimate of drug-likeness (QED) is 0.771. The van der Waals surface area contributed by atoms with Gasteiger partial charge in [-0.1, -0.05) is 6.07 Å². The molecule has 84 valence electrons. The maximum Gasteiger partial charge on any atom is 0.231 e. The summed E-state index contributed by atoms with van der Waals surface area (Å²) in [5.74, 6) is -0.355. The number of carbonyl (C=O) groups excluding carboxylic acids is 1. The lowest BCUT2D eigenvalue weighted by molar-refractivity contribution is -0.117. The summed E-state index contributed by atoms with van der Waals surface area (Å²) in [5, 5.41) is 2.98. The number of nitrogens with zero attached hydrogens (tertiary/aromatic N) is 2. The fourth-order valence-corrected chi connectivity index (χ4v) is 1.68. The van der Waals surface area contributed by atoms with E-state index in [4.69, 9.17) is 5.73 Å². The van der Waals surface area contributed by atoms with Gasteiger partial charge >= 0.3 is 0 Å². The number of pyridine rings is 1. The molecule has 0 unspecified atom stereocenters. The number of hydrogen-bond acceptors (Lipinski definition) is 3. The van der Waals surface area contributed by atoms with Crippen LogP contribution in [0.15, 0.2) is 24.4 Å². The minimum atomic E-state index is -0.355. The van der Waals surface area contributed by atoms with E-state index in [1.54, 1.807) is 0 Å². The Bertz CT molecular complexity index is 518. The Morgan fingerprint density at radius 1 is 1.56 bits per heavy atom. The van der Waals surface area contributed by atoms with Crippen LogP contribution in [0.5, 0.6) is 0 Å². The second kappa shape index (κ2) is 4.32. The molecule has 0 radical (unpaired) electrons. The molecule has 5 nitrogen and oxygen atoms in total.